The number of benzene rings is 3. The van der Waals surface area contributed by atoms with Crippen LogP contribution in [-0.4, -0.2) is 54.7 Å². The summed E-state index contributed by atoms with van der Waals surface area (Å²) >= 11 is 0. The van der Waals surface area contributed by atoms with Crippen LogP contribution in [0.4, 0.5) is 5.82 Å². The SMILES string of the molecule is Nc1nc(-c2ccc(Oc3ccccc3)cc2)nc2c1cnn2[C@@H]1CCCN(C(=O)[C@H](N)Cc2c[nH]c3ccccc23)C1. The summed E-state index contributed by atoms with van der Waals surface area (Å²) in [6, 6.07) is 24.6. The van der Waals surface area contributed by atoms with E-state index in [-0.39, 0.29) is 11.9 Å². The quantitative estimate of drug-likeness (QED) is 0.242. The van der Waals surface area contributed by atoms with E-state index in [4.69, 9.17) is 21.2 Å². The van der Waals surface area contributed by atoms with Crippen molar-refractivity contribution in [3.05, 3.63) is 96.8 Å². The maximum Gasteiger partial charge on any atom is 0.239 e. The number of para-hydroxylation sites is 2. The van der Waals surface area contributed by atoms with Crippen LogP contribution in [0.5, 0.6) is 11.5 Å². The summed E-state index contributed by atoms with van der Waals surface area (Å²) in [5.74, 6) is 2.28. The molecule has 0 aliphatic carbocycles. The number of anilines is 1. The van der Waals surface area contributed by atoms with Gasteiger partial charge in [-0.25, -0.2) is 14.6 Å². The maximum atomic E-state index is 13.5. The van der Waals surface area contributed by atoms with Gasteiger partial charge in [-0.15, -0.1) is 0 Å². The molecule has 216 valence electrons. The van der Waals surface area contributed by atoms with E-state index in [2.05, 4.69) is 15.1 Å². The van der Waals surface area contributed by atoms with Gasteiger partial charge >= 0.3 is 0 Å². The zero-order chi connectivity index (χ0) is 29.3. The average Bonchev–Trinajstić information content (AvgIpc) is 3.66. The van der Waals surface area contributed by atoms with Crippen LogP contribution in [0.3, 0.4) is 0 Å². The number of hydrogen-bond donors (Lipinski definition) is 3. The summed E-state index contributed by atoms with van der Waals surface area (Å²) in [5.41, 5.74) is 16.4. The zero-order valence-electron chi connectivity index (χ0n) is 23.6. The molecule has 0 spiro atoms. The smallest absolute Gasteiger partial charge is 0.239 e. The molecule has 0 saturated carbocycles. The molecule has 5 N–H and O–H groups in total. The predicted octanol–water partition coefficient (Wildman–Crippen LogP) is 5.08. The van der Waals surface area contributed by atoms with Gasteiger partial charge in [0.25, 0.3) is 0 Å². The van der Waals surface area contributed by atoms with Crippen molar-refractivity contribution in [3.8, 4) is 22.9 Å². The summed E-state index contributed by atoms with van der Waals surface area (Å²) in [6.45, 7) is 1.16. The minimum Gasteiger partial charge on any atom is -0.457 e. The normalized spacial score (nSPS) is 16.0. The van der Waals surface area contributed by atoms with Gasteiger partial charge in [-0.1, -0.05) is 36.4 Å². The van der Waals surface area contributed by atoms with Gasteiger partial charge in [-0.05, 0) is 67.3 Å². The first kappa shape index (κ1) is 26.7. The van der Waals surface area contributed by atoms with E-state index in [1.165, 1.54) is 0 Å². The molecule has 4 heterocycles. The van der Waals surface area contributed by atoms with Crippen molar-refractivity contribution >= 4 is 33.7 Å². The van der Waals surface area contributed by atoms with Crippen molar-refractivity contribution in [2.75, 3.05) is 18.8 Å². The number of amides is 1. The number of fused-ring (bicyclic) bond motifs is 2. The second kappa shape index (κ2) is 11.2. The van der Waals surface area contributed by atoms with Crippen molar-refractivity contribution in [3.63, 3.8) is 0 Å². The van der Waals surface area contributed by atoms with Crippen molar-refractivity contribution in [2.45, 2.75) is 31.3 Å². The van der Waals surface area contributed by atoms with E-state index in [1.807, 2.05) is 94.6 Å². The van der Waals surface area contributed by atoms with Crippen molar-refractivity contribution in [1.82, 2.24) is 29.6 Å². The number of hydrogen-bond acceptors (Lipinski definition) is 7. The minimum absolute atomic E-state index is 0.0562. The molecule has 10 nitrogen and oxygen atoms in total. The highest BCUT2D eigenvalue weighted by molar-refractivity contribution is 5.88. The molecule has 1 aliphatic heterocycles. The highest BCUT2D eigenvalue weighted by Crippen LogP contribution is 2.30. The number of carbonyl (C=O) groups excluding carboxylic acids is 1. The molecule has 2 atom stereocenters. The number of nitrogens with one attached hydrogen (secondary N) is 1. The number of nitrogens with zero attached hydrogens (tertiary/aromatic N) is 5. The third-order valence-electron chi connectivity index (χ3n) is 8.06. The number of piperidine rings is 1. The largest absolute Gasteiger partial charge is 0.457 e. The maximum absolute atomic E-state index is 13.5. The van der Waals surface area contributed by atoms with Crippen molar-refractivity contribution in [2.24, 2.45) is 5.73 Å². The molecular weight excluding hydrogens is 540 g/mol. The summed E-state index contributed by atoms with van der Waals surface area (Å²) < 4.78 is 7.80. The molecule has 3 aromatic heterocycles. The third-order valence-corrected chi connectivity index (χ3v) is 8.06. The monoisotopic (exact) mass is 572 g/mol. The van der Waals surface area contributed by atoms with Crippen LogP contribution in [0.2, 0.25) is 0 Å². The molecule has 0 unspecified atom stereocenters. The molecule has 1 saturated heterocycles. The number of rotatable bonds is 7. The number of ether oxygens (including phenoxy) is 1. The summed E-state index contributed by atoms with van der Waals surface area (Å²) in [4.78, 5) is 28.0. The van der Waals surface area contributed by atoms with E-state index >= 15 is 0 Å². The highest BCUT2D eigenvalue weighted by atomic mass is 16.5. The molecule has 1 aliphatic rings. The van der Waals surface area contributed by atoms with Gasteiger partial charge in [0.15, 0.2) is 11.5 Å². The van der Waals surface area contributed by atoms with Crippen LogP contribution in [0.15, 0.2) is 91.3 Å². The Bertz CT molecular complexity index is 1900. The van der Waals surface area contributed by atoms with Crippen LogP contribution in [0, 0.1) is 0 Å². The Morgan fingerprint density at radius 3 is 2.58 bits per heavy atom. The van der Waals surface area contributed by atoms with E-state index < -0.39 is 6.04 Å². The lowest BCUT2D eigenvalue weighted by atomic mass is 10.0. The van der Waals surface area contributed by atoms with Crippen LogP contribution in [0.25, 0.3) is 33.3 Å². The molecule has 10 heteroatoms. The summed E-state index contributed by atoms with van der Waals surface area (Å²) in [7, 11) is 0. The number of nitrogens with two attached hydrogens (primary N) is 2. The van der Waals surface area contributed by atoms with Gasteiger partial charge in [0.1, 0.15) is 17.3 Å². The fourth-order valence-electron chi connectivity index (χ4n) is 5.85. The minimum atomic E-state index is -0.634. The van der Waals surface area contributed by atoms with Gasteiger partial charge in [-0.3, -0.25) is 4.79 Å². The number of aromatic amines is 1. The van der Waals surface area contributed by atoms with Gasteiger partial charge < -0.3 is 26.1 Å². The first-order chi connectivity index (χ1) is 21.0. The Morgan fingerprint density at radius 1 is 0.977 bits per heavy atom. The second-order valence-corrected chi connectivity index (χ2v) is 10.9. The number of likely N-dealkylation sites (tertiary alicyclic amines) is 1. The van der Waals surface area contributed by atoms with Gasteiger partial charge in [-0.2, -0.15) is 5.10 Å². The lowest BCUT2D eigenvalue weighted by Crippen LogP contribution is -2.49. The Kier molecular flexibility index (Phi) is 6.96. The second-order valence-electron chi connectivity index (χ2n) is 10.9. The van der Waals surface area contributed by atoms with E-state index in [1.54, 1.807) is 6.20 Å². The molecule has 3 aromatic carbocycles. The highest BCUT2D eigenvalue weighted by Gasteiger charge is 2.30. The summed E-state index contributed by atoms with van der Waals surface area (Å²) in [5, 5.41) is 6.43. The van der Waals surface area contributed by atoms with Crippen molar-refractivity contribution in [1.29, 1.82) is 0 Å². The zero-order valence-corrected chi connectivity index (χ0v) is 23.6. The van der Waals surface area contributed by atoms with Crippen LogP contribution in [0.1, 0.15) is 24.4 Å². The van der Waals surface area contributed by atoms with Crippen LogP contribution in [-0.2, 0) is 11.2 Å². The number of H-pyrrole nitrogens is 1. The molecule has 0 bridgehead atoms. The molecule has 0 radical (unpaired) electrons. The first-order valence-electron chi connectivity index (χ1n) is 14.5. The Hall–Kier alpha value is -5.22. The molecule has 7 rings (SSSR count). The van der Waals surface area contributed by atoms with E-state index in [9.17, 15) is 4.79 Å². The van der Waals surface area contributed by atoms with Crippen LogP contribution >= 0.6 is 0 Å². The van der Waals surface area contributed by atoms with Crippen molar-refractivity contribution < 1.29 is 9.53 Å². The molecule has 1 fully saturated rings. The molecule has 6 aromatic rings. The Morgan fingerprint density at radius 2 is 1.74 bits per heavy atom. The fraction of sp³-hybridized carbons (Fsp3) is 0.212. The lowest BCUT2D eigenvalue weighted by Gasteiger charge is -2.34. The molecule has 43 heavy (non-hydrogen) atoms. The van der Waals surface area contributed by atoms with Gasteiger partial charge in [0.2, 0.25) is 5.91 Å². The topological polar surface area (TPSA) is 141 Å². The first-order valence-corrected chi connectivity index (χ1v) is 14.5. The fourth-order valence-corrected chi connectivity index (χ4v) is 5.85. The molecule has 1 amide bonds. The number of aromatic nitrogens is 5. The Balaban J connectivity index is 1.09. The summed E-state index contributed by atoms with van der Waals surface area (Å²) in [6.07, 6.45) is 5.82. The third kappa shape index (κ3) is 5.28. The van der Waals surface area contributed by atoms with Gasteiger partial charge in [0, 0.05) is 35.8 Å². The van der Waals surface area contributed by atoms with E-state index in [0.29, 0.717) is 47.9 Å². The average molecular weight is 573 g/mol. The molecular formula is C33H32N8O2. The van der Waals surface area contributed by atoms with E-state index in [0.717, 1.165) is 40.6 Å². The standard InChI is InChI=1S/C33H32N8O2/c34-28(17-22-18-36-29-11-5-4-10-26(22)29)33(42)40-16-6-7-23(20-40)41-32-27(19-37-41)30(35)38-31(39-32)21-12-14-25(15-13-21)43-24-8-2-1-3-9-24/h1-5,8-15,18-19,23,28,36H,6-7,16-17,20,34H2,(H2,35,38,39)/t23-,28-/m1/s1. The lowest BCUT2D eigenvalue weighted by molar-refractivity contribution is -0.134. The number of nitrogen functional groups attached to an aromatic ring is 1. The number of carbonyl (C=O) groups is 1. The van der Waals surface area contributed by atoms with Crippen LogP contribution < -0.4 is 16.2 Å². The predicted molar refractivity (Wildman–Crippen MR) is 167 cm³/mol. The van der Waals surface area contributed by atoms with Gasteiger partial charge in [0.05, 0.1) is 23.7 Å². The Labute approximate surface area is 248 Å².